The highest BCUT2D eigenvalue weighted by Gasteiger charge is 2.30. The maximum atomic E-state index is 12.6. The lowest BCUT2D eigenvalue weighted by Crippen LogP contribution is -2.35. The molecule has 27 heavy (non-hydrogen) atoms. The smallest absolute Gasteiger partial charge is 0.348 e. The van der Waals surface area contributed by atoms with Gasteiger partial charge >= 0.3 is 6.18 Å². The summed E-state index contributed by atoms with van der Waals surface area (Å²) in [6, 6.07) is 5.79. The van der Waals surface area contributed by atoms with Crippen molar-refractivity contribution in [2.24, 2.45) is 7.05 Å². The first-order valence-electron chi connectivity index (χ1n) is 8.14. The lowest BCUT2D eigenvalue weighted by atomic mass is 10.1. The van der Waals surface area contributed by atoms with Crippen LogP contribution in [0.5, 0.6) is 0 Å². The minimum atomic E-state index is -4.41. The standard InChI is InChI=1S/C18H17F3N4O2/c1-11(12-3-5-14(6-4-12)18(19,20)21)23-15(26)10-25-17(27)16-13(9-22-25)7-8-24(16)2/h3-9,11H,10H2,1-2H3,(H,23,26). The molecule has 0 aliphatic rings. The second-order valence-electron chi connectivity index (χ2n) is 6.25. The second-order valence-corrected chi connectivity index (χ2v) is 6.25. The lowest BCUT2D eigenvalue weighted by Gasteiger charge is -2.16. The molecule has 1 unspecified atom stereocenters. The zero-order valence-corrected chi connectivity index (χ0v) is 14.6. The van der Waals surface area contributed by atoms with Gasteiger partial charge in [0.15, 0.2) is 0 Å². The Kier molecular flexibility index (Phi) is 4.77. The number of carbonyl (C=O) groups excluding carboxylic acids is 1. The molecule has 3 rings (SSSR count). The number of carbonyl (C=O) groups is 1. The molecular weight excluding hydrogens is 361 g/mol. The van der Waals surface area contributed by atoms with Crippen LogP contribution < -0.4 is 10.9 Å². The highest BCUT2D eigenvalue weighted by atomic mass is 19.4. The van der Waals surface area contributed by atoms with Gasteiger partial charge in [-0.15, -0.1) is 0 Å². The summed E-state index contributed by atoms with van der Waals surface area (Å²) in [4.78, 5) is 24.7. The van der Waals surface area contributed by atoms with Crippen molar-refractivity contribution < 1.29 is 18.0 Å². The van der Waals surface area contributed by atoms with E-state index >= 15 is 0 Å². The molecule has 6 nitrogen and oxygen atoms in total. The molecule has 0 aliphatic heterocycles. The highest BCUT2D eigenvalue weighted by Crippen LogP contribution is 2.29. The Hall–Kier alpha value is -3.10. The zero-order valence-electron chi connectivity index (χ0n) is 14.6. The lowest BCUT2D eigenvalue weighted by molar-refractivity contribution is -0.137. The molecule has 1 N–H and O–H groups in total. The molecule has 1 amide bonds. The monoisotopic (exact) mass is 378 g/mol. The van der Waals surface area contributed by atoms with E-state index in [-0.39, 0.29) is 6.54 Å². The fourth-order valence-corrected chi connectivity index (χ4v) is 2.81. The van der Waals surface area contributed by atoms with E-state index in [9.17, 15) is 22.8 Å². The minimum absolute atomic E-state index is 0.287. The Morgan fingerprint density at radius 2 is 1.89 bits per heavy atom. The number of benzene rings is 1. The first kappa shape index (κ1) is 18.7. The molecule has 2 aromatic heterocycles. The summed E-state index contributed by atoms with van der Waals surface area (Å²) < 4.78 is 40.6. The van der Waals surface area contributed by atoms with Gasteiger partial charge in [-0.2, -0.15) is 18.3 Å². The molecule has 142 valence electrons. The number of hydrogen-bond acceptors (Lipinski definition) is 3. The van der Waals surface area contributed by atoms with Gasteiger partial charge in [-0.25, -0.2) is 4.68 Å². The van der Waals surface area contributed by atoms with Gasteiger partial charge < -0.3 is 9.88 Å². The van der Waals surface area contributed by atoms with E-state index in [1.807, 2.05) is 0 Å². The van der Waals surface area contributed by atoms with Crippen molar-refractivity contribution in [1.29, 1.82) is 0 Å². The molecule has 0 spiro atoms. The second kappa shape index (κ2) is 6.90. The number of hydrogen-bond donors (Lipinski definition) is 1. The number of nitrogens with zero attached hydrogens (tertiary/aromatic N) is 3. The van der Waals surface area contributed by atoms with E-state index in [4.69, 9.17) is 0 Å². The van der Waals surface area contributed by atoms with Crippen LogP contribution in [-0.4, -0.2) is 20.3 Å². The first-order chi connectivity index (χ1) is 12.7. The summed E-state index contributed by atoms with van der Waals surface area (Å²) in [7, 11) is 1.72. The fraction of sp³-hybridized carbons (Fsp3) is 0.278. The quantitative estimate of drug-likeness (QED) is 0.759. The summed E-state index contributed by atoms with van der Waals surface area (Å²) in [5, 5.41) is 7.32. The van der Waals surface area contributed by atoms with E-state index in [1.165, 1.54) is 18.3 Å². The van der Waals surface area contributed by atoms with Crippen LogP contribution in [0.2, 0.25) is 0 Å². The largest absolute Gasteiger partial charge is 0.416 e. The van der Waals surface area contributed by atoms with Crippen molar-refractivity contribution in [2.45, 2.75) is 25.7 Å². The Morgan fingerprint density at radius 1 is 1.22 bits per heavy atom. The predicted octanol–water partition coefficient (Wildman–Crippen LogP) is 2.63. The number of amides is 1. The van der Waals surface area contributed by atoms with Crippen molar-refractivity contribution in [1.82, 2.24) is 19.7 Å². The third kappa shape index (κ3) is 3.86. The number of nitrogens with one attached hydrogen (secondary N) is 1. The van der Waals surface area contributed by atoms with Crippen molar-refractivity contribution in [2.75, 3.05) is 0 Å². The Bertz CT molecular complexity index is 1040. The summed E-state index contributed by atoms with van der Waals surface area (Å²) >= 11 is 0. The van der Waals surface area contributed by atoms with Crippen LogP contribution in [0.25, 0.3) is 10.9 Å². The maximum Gasteiger partial charge on any atom is 0.416 e. The van der Waals surface area contributed by atoms with Gasteiger partial charge in [0.05, 0.1) is 17.8 Å². The molecule has 3 aromatic rings. The molecule has 0 aliphatic carbocycles. The third-order valence-corrected chi connectivity index (χ3v) is 4.29. The van der Waals surface area contributed by atoms with Crippen molar-refractivity contribution in [3.63, 3.8) is 0 Å². The molecule has 2 heterocycles. The van der Waals surface area contributed by atoms with E-state index in [0.717, 1.165) is 16.8 Å². The SMILES string of the molecule is CC(NC(=O)Cn1ncc2ccn(C)c2c1=O)c1ccc(C(F)(F)F)cc1. The number of rotatable bonds is 4. The van der Waals surface area contributed by atoms with Gasteiger partial charge in [-0.05, 0) is 30.7 Å². The van der Waals surface area contributed by atoms with Crippen molar-refractivity contribution >= 4 is 16.8 Å². The van der Waals surface area contributed by atoms with E-state index < -0.39 is 29.2 Å². The fourth-order valence-electron chi connectivity index (χ4n) is 2.81. The molecule has 0 fully saturated rings. The van der Waals surface area contributed by atoms with Crippen LogP contribution in [0.4, 0.5) is 13.2 Å². The summed E-state index contributed by atoms with van der Waals surface area (Å²) in [5.74, 6) is -0.467. The molecule has 0 saturated carbocycles. The minimum Gasteiger partial charge on any atom is -0.348 e. The number of fused-ring (bicyclic) bond motifs is 1. The van der Waals surface area contributed by atoms with Crippen LogP contribution >= 0.6 is 0 Å². The Balaban J connectivity index is 1.71. The number of halogens is 3. The molecule has 0 bridgehead atoms. The molecule has 0 radical (unpaired) electrons. The molecular formula is C18H17F3N4O2. The highest BCUT2D eigenvalue weighted by molar-refractivity contribution is 5.79. The van der Waals surface area contributed by atoms with Crippen LogP contribution in [0.1, 0.15) is 24.1 Å². The van der Waals surface area contributed by atoms with Gasteiger partial charge in [0.1, 0.15) is 12.1 Å². The van der Waals surface area contributed by atoms with Gasteiger partial charge in [-0.3, -0.25) is 9.59 Å². The molecule has 1 aromatic carbocycles. The zero-order chi connectivity index (χ0) is 19.8. The van der Waals surface area contributed by atoms with E-state index in [0.29, 0.717) is 16.5 Å². The normalized spacial score (nSPS) is 12.9. The van der Waals surface area contributed by atoms with Gasteiger partial charge in [-0.1, -0.05) is 12.1 Å². The van der Waals surface area contributed by atoms with Crippen LogP contribution in [-0.2, 0) is 24.6 Å². The Morgan fingerprint density at radius 3 is 2.52 bits per heavy atom. The molecule has 0 saturated heterocycles. The number of aromatic nitrogens is 3. The number of aryl methyl sites for hydroxylation is 1. The van der Waals surface area contributed by atoms with Gasteiger partial charge in [0, 0.05) is 18.6 Å². The van der Waals surface area contributed by atoms with Gasteiger partial charge in [0.2, 0.25) is 5.91 Å². The predicted molar refractivity (Wildman–Crippen MR) is 93.0 cm³/mol. The summed E-state index contributed by atoms with van der Waals surface area (Å²) in [6.45, 7) is 1.36. The van der Waals surface area contributed by atoms with E-state index in [1.54, 1.807) is 30.8 Å². The molecule has 1 atom stereocenters. The first-order valence-corrected chi connectivity index (χ1v) is 8.14. The van der Waals surface area contributed by atoms with Crippen LogP contribution in [0.3, 0.4) is 0 Å². The van der Waals surface area contributed by atoms with Crippen molar-refractivity contribution in [3.8, 4) is 0 Å². The topological polar surface area (TPSA) is 68.9 Å². The maximum absolute atomic E-state index is 12.6. The average Bonchev–Trinajstić information content (AvgIpc) is 2.98. The number of alkyl halides is 3. The molecule has 9 heteroatoms. The van der Waals surface area contributed by atoms with Crippen molar-refractivity contribution in [3.05, 3.63) is 64.2 Å². The average molecular weight is 378 g/mol. The van der Waals surface area contributed by atoms with Gasteiger partial charge in [0.25, 0.3) is 5.56 Å². The summed E-state index contributed by atoms with van der Waals surface area (Å²) in [5.41, 5.74) is -0.183. The van der Waals surface area contributed by atoms with E-state index in [2.05, 4.69) is 10.4 Å². The summed E-state index contributed by atoms with van der Waals surface area (Å²) in [6.07, 6.45) is -1.18. The van der Waals surface area contributed by atoms with Crippen LogP contribution in [0.15, 0.2) is 47.5 Å². The Labute approximate surface area is 152 Å². The third-order valence-electron chi connectivity index (χ3n) is 4.29. The van der Waals surface area contributed by atoms with Crippen LogP contribution in [0, 0.1) is 0 Å².